The van der Waals surface area contributed by atoms with Crippen molar-refractivity contribution in [2.75, 3.05) is 13.2 Å². The van der Waals surface area contributed by atoms with E-state index in [1.807, 2.05) is 0 Å². The first kappa shape index (κ1) is 28.4. The molecule has 3 heteroatoms. The first-order chi connectivity index (χ1) is 15.5. The van der Waals surface area contributed by atoms with Crippen molar-refractivity contribution < 1.29 is 14.6 Å². The van der Waals surface area contributed by atoms with E-state index < -0.39 is 0 Å². The van der Waals surface area contributed by atoms with Gasteiger partial charge in [0.25, 0.3) is 0 Å². The van der Waals surface area contributed by atoms with Crippen molar-refractivity contribution in [3.63, 3.8) is 0 Å². The molecule has 2 unspecified atom stereocenters. The van der Waals surface area contributed by atoms with Crippen LogP contribution in [0.5, 0.6) is 0 Å². The summed E-state index contributed by atoms with van der Waals surface area (Å²) in [7, 11) is 0. The summed E-state index contributed by atoms with van der Waals surface area (Å²) < 4.78 is 5.50. The van der Waals surface area contributed by atoms with E-state index in [2.05, 4.69) is 112 Å². The molecule has 3 nitrogen and oxygen atoms in total. The maximum absolute atomic E-state index is 13.2. The molecule has 0 heterocycles. The number of carbonyl (C=O) groups excluding carboxylic acids is 1. The van der Waals surface area contributed by atoms with Gasteiger partial charge in [0.15, 0.2) is 0 Å². The van der Waals surface area contributed by atoms with Crippen LogP contribution in [0.3, 0.4) is 0 Å². The van der Waals surface area contributed by atoms with Gasteiger partial charge >= 0.3 is 5.97 Å². The van der Waals surface area contributed by atoms with E-state index >= 15 is 0 Å². The fourth-order valence-corrected chi connectivity index (χ4v) is 5.09. The van der Waals surface area contributed by atoms with Crippen molar-refractivity contribution in [1.29, 1.82) is 0 Å². The Morgan fingerprint density at radius 2 is 1.44 bits per heavy atom. The Hall–Kier alpha value is -1.87. The number of hydrogen-bond acceptors (Lipinski definition) is 3. The molecular formula is C31H48O3. The van der Waals surface area contributed by atoms with Gasteiger partial charge in [0.05, 0.1) is 12.5 Å². The van der Waals surface area contributed by atoms with Crippen LogP contribution in [0, 0.1) is 27.6 Å². The molecular weight excluding hydrogens is 420 g/mol. The molecule has 1 N–H and O–H groups in total. The van der Waals surface area contributed by atoms with Crippen molar-refractivity contribution in [2.45, 2.75) is 88.0 Å². The summed E-state index contributed by atoms with van der Waals surface area (Å²) in [5, 5.41) is 11.8. The van der Waals surface area contributed by atoms with E-state index in [0.29, 0.717) is 5.92 Å². The highest BCUT2D eigenvalue weighted by Gasteiger charge is 2.49. The van der Waals surface area contributed by atoms with Crippen molar-refractivity contribution in [3.05, 3.63) is 48.0 Å². The molecule has 0 saturated carbocycles. The fourth-order valence-electron chi connectivity index (χ4n) is 5.09. The highest BCUT2D eigenvalue weighted by Crippen LogP contribution is 2.55. The average Bonchev–Trinajstić information content (AvgIpc) is 2.72. The quantitative estimate of drug-likeness (QED) is 0.379. The Morgan fingerprint density at radius 1 is 0.853 bits per heavy atom. The number of esters is 1. The van der Waals surface area contributed by atoms with E-state index in [0.717, 1.165) is 12.8 Å². The normalized spacial score (nSPS) is 15.3. The highest BCUT2D eigenvalue weighted by molar-refractivity contribution is 5.83. The summed E-state index contributed by atoms with van der Waals surface area (Å²) in [4.78, 5) is 13.2. The molecule has 0 fully saturated rings. The van der Waals surface area contributed by atoms with Gasteiger partial charge in [-0.25, -0.2) is 0 Å². The summed E-state index contributed by atoms with van der Waals surface area (Å²) in [5.74, 6) is -0.124. The second kappa shape index (κ2) is 10.4. The number of carbonyl (C=O) groups is 1. The van der Waals surface area contributed by atoms with Crippen LogP contribution in [0.15, 0.2) is 42.5 Å². The van der Waals surface area contributed by atoms with E-state index in [1.165, 1.54) is 16.3 Å². The lowest BCUT2D eigenvalue weighted by Gasteiger charge is -2.50. The molecule has 2 rings (SSSR count). The average molecular weight is 469 g/mol. The van der Waals surface area contributed by atoms with Crippen LogP contribution in [-0.4, -0.2) is 24.3 Å². The van der Waals surface area contributed by atoms with Gasteiger partial charge in [0, 0.05) is 0 Å². The number of rotatable bonds is 9. The molecule has 0 aliphatic rings. The van der Waals surface area contributed by atoms with Gasteiger partial charge in [-0.05, 0) is 56.8 Å². The number of aliphatic hydroxyl groups excluding tert-OH is 1. The third kappa shape index (κ3) is 6.84. The Morgan fingerprint density at radius 3 is 1.97 bits per heavy atom. The van der Waals surface area contributed by atoms with Crippen molar-refractivity contribution >= 4 is 16.7 Å². The Balaban J connectivity index is 2.47. The monoisotopic (exact) mass is 468 g/mol. The summed E-state index contributed by atoms with van der Waals surface area (Å²) >= 11 is 0. The lowest BCUT2D eigenvalue weighted by Crippen LogP contribution is -2.46. The largest absolute Gasteiger partial charge is 0.463 e. The summed E-state index contributed by atoms with van der Waals surface area (Å²) in [6.07, 6.45) is 1.69. The minimum absolute atomic E-state index is 0.0158. The van der Waals surface area contributed by atoms with Gasteiger partial charge in [0.1, 0.15) is 6.61 Å². The second-order valence-electron chi connectivity index (χ2n) is 13.5. The van der Waals surface area contributed by atoms with Gasteiger partial charge in [-0.2, -0.15) is 0 Å². The number of hydrogen-bond donors (Lipinski definition) is 1. The molecule has 0 bridgehead atoms. The molecule has 2 aromatic rings. The van der Waals surface area contributed by atoms with Crippen LogP contribution in [-0.2, 0) is 9.53 Å². The number of ether oxygens (including phenoxy) is 1. The molecule has 34 heavy (non-hydrogen) atoms. The highest BCUT2D eigenvalue weighted by atomic mass is 16.5. The lowest BCUT2D eigenvalue weighted by atomic mass is 9.54. The molecule has 0 radical (unpaired) electrons. The molecule has 0 amide bonds. The van der Waals surface area contributed by atoms with Crippen LogP contribution >= 0.6 is 0 Å². The number of benzene rings is 2. The van der Waals surface area contributed by atoms with Crippen LogP contribution in [0.4, 0.5) is 0 Å². The first-order valence-electron chi connectivity index (χ1n) is 12.8. The molecule has 0 aromatic heterocycles. The molecule has 0 saturated heterocycles. The number of fused-ring (bicyclic) bond motifs is 1. The Labute approximate surface area is 208 Å². The fraction of sp³-hybridized carbons (Fsp3) is 0.645. The molecule has 2 aromatic carbocycles. The molecule has 0 aliphatic heterocycles. The second-order valence-corrected chi connectivity index (χ2v) is 13.5. The van der Waals surface area contributed by atoms with Crippen LogP contribution in [0.25, 0.3) is 10.8 Å². The lowest BCUT2D eigenvalue weighted by molar-refractivity contribution is -0.160. The molecule has 0 aliphatic carbocycles. The molecule has 2 atom stereocenters. The first-order valence-corrected chi connectivity index (χ1v) is 12.8. The predicted molar refractivity (Wildman–Crippen MR) is 144 cm³/mol. The zero-order valence-electron chi connectivity index (χ0n) is 23.3. The third-order valence-corrected chi connectivity index (χ3v) is 7.99. The smallest absolute Gasteiger partial charge is 0.309 e. The van der Waals surface area contributed by atoms with Crippen LogP contribution in [0.1, 0.15) is 93.6 Å². The zero-order valence-corrected chi connectivity index (χ0v) is 23.3. The minimum atomic E-state index is -0.312. The molecule has 190 valence electrons. The summed E-state index contributed by atoms with van der Waals surface area (Å²) in [6.45, 7) is 22.5. The Bertz CT molecular complexity index is 957. The summed E-state index contributed by atoms with van der Waals surface area (Å²) in [5.41, 5.74) is 0.938. The minimum Gasteiger partial charge on any atom is -0.463 e. The zero-order chi connectivity index (χ0) is 25.9. The van der Waals surface area contributed by atoms with E-state index in [4.69, 9.17) is 4.74 Å². The van der Waals surface area contributed by atoms with Crippen molar-refractivity contribution in [2.24, 2.45) is 27.6 Å². The van der Waals surface area contributed by atoms with Gasteiger partial charge in [-0.15, -0.1) is 0 Å². The maximum Gasteiger partial charge on any atom is 0.309 e. The van der Waals surface area contributed by atoms with Crippen molar-refractivity contribution in [3.8, 4) is 0 Å². The van der Waals surface area contributed by atoms with E-state index in [1.54, 1.807) is 0 Å². The number of aliphatic hydroxyl groups is 1. The van der Waals surface area contributed by atoms with Crippen LogP contribution < -0.4 is 0 Å². The van der Waals surface area contributed by atoms with Gasteiger partial charge in [-0.1, -0.05) is 112 Å². The van der Waals surface area contributed by atoms with E-state index in [9.17, 15) is 9.90 Å². The summed E-state index contributed by atoms with van der Waals surface area (Å²) in [6, 6.07) is 15.4. The van der Waals surface area contributed by atoms with Crippen LogP contribution in [0.2, 0.25) is 0 Å². The van der Waals surface area contributed by atoms with Gasteiger partial charge in [-0.3, -0.25) is 4.79 Å². The van der Waals surface area contributed by atoms with Gasteiger partial charge < -0.3 is 9.84 Å². The topological polar surface area (TPSA) is 46.5 Å². The predicted octanol–water partition coefficient (Wildman–Crippen LogP) is 8.00. The molecule has 0 spiro atoms. The Kier molecular flexibility index (Phi) is 8.68. The SMILES string of the molecule is CC(C)(C)CC(C(=O)OCCO)C(C)(C)C(C)(C)CC(c1ccc2ccccc2c1)C(C)(C)C. The van der Waals surface area contributed by atoms with Gasteiger partial charge in [0.2, 0.25) is 0 Å². The standard InChI is InChI=1S/C31H48O3/c1-28(2,3)20-26(27(33)34-18-17-32)31(9,10)30(7,8)21-25(29(4,5)6)24-16-15-22-13-11-12-14-23(22)19-24/h11-16,19,25-26,32H,17-18,20-21H2,1-10H3. The van der Waals surface area contributed by atoms with Crippen molar-refractivity contribution in [1.82, 2.24) is 0 Å². The maximum atomic E-state index is 13.2. The third-order valence-electron chi connectivity index (χ3n) is 7.99. The van der Waals surface area contributed by atoms with E-state index in [-0.39, 0.29) is 46.8 Å².